The summed E-state index contributed by atoms with van der Waals surface area (Å²) in [6, 6.07) is 10.8. The average molecular weight is 390 g/mol. The molecule has 8 nitrogen and oxygen atoms in total. The zero-order valence-corrected chi connectivity index (χ0v) is 15.1. The van der Waals surface area contributed by atoms with E-state index >= 15 is 0 Å². The number of anilines is 2. The van der Waals surface area contributed by atoms with Gasteiger partial charge >= 0.3 is 0 Å². The number of nitrogens with zero attached hydrogens (tertiary/aromatic N) is 2. The minimum absolute atomic E-state index is 0.0616. The molecule has 140 valence electrons. The molecule has 0 radical (unpaired) electrons. The third-order valence-corrected chi connectivity index (χ3v) is 4.59. The van der Waals surface area contributed by atoms with E-state index in [1.54, 1.807) is 24.3 Å². The molecule has 2 amide bonds. The molecule has 9 heteroatoms. The Balaban J connectivity index is 1.71. The molecular formula is C18H16ClN3O5. The van der Waals surface area contributed by atoms with E-state index in [-0.39, 0.29) is 41.2 Å². The van der Waals surface area contributed by atoms with Gasteiger partial charge in [-0.05, 0) is 18.2 Å². The summed E-state index contributed by atoms with van der Waals surface area (Å²) in [5.41, 5.74) is 0.751. The van der Waals surface area contributed by atoms with Crippen LogP contribution < -0.4 is 15.0 Å². The predicted molar refractivity (Wildman–Crippen MR) is 100 cm³/mol. The van der Waals surface area contributed by atoms with Crippen molar-refractivity contribution >= 4 is 40.5 Å². The summed E-state index contributed by atoms with van der Waals surface area (Å²) < 4.78 is 5.16. The van der Waals surface area contributed by atoms with Crippen molar-refractivity contribution in [2.24, 2.45) is 5.92 Å². The Hall–Kier alpha value is -3.13. The minimum atomic E-state index is -0.570. The molecule has 1 fully saturated rings. The van der Waals surface area contributed by atoms with Crippen LogP contribution in [-0.2, 0) is 9.59 Å². The van der Waals surface area contributed by atoms with Gasteiger partial charge in [-0.25, -0.2) is 0 Å². The first-order chi connectivity index (χ1) is 12.9. The Bertz CT molecular complexity index is 918. The maximum Gasteiger partial charge on any atom is 0.271 e. The van der Waals surface area contributed by atoms with E-state index in [9.17, 15) is 19.7 Å². The molecule has 1 N–H and O–H groups in total. The first-order valence-corrected chi connectivity index (χ1v) is 8.46. The normalized spacial score (nSPS) is 16.3. The van der Waals surface area contributed by atoms with Crippen LogP contribution in [0.15, 0.2) is 42.5 Å². The van der Waals surface area contributed by atoms with Gasteiger partial charge in [0.05, 0.1) is 28.7 Å². The third-order valence-electron chi connectivity index (χ3n) is 4.28. The van der Waals surface area contributed by atoms with Crippen molar-refractivity contribution in [1.29, 1.82) is 0 Å². The Morgan fingerprint density at radius 3 is 2.78 bits per heavy atom. The molecule has 1 aliphatic heterocycles. The van der Waals surface area contributed by atoms with Crippen LogP contribution in [0.5, 0.6) is 5.75 Å². The van der Waals surface area contributed by atoms with Crippen LogP contribution in [0.25, 0.3) is 0 Å². The van der Waals surface area contributed by atoms with Gasteiger partial charge < -0.3 is 15.0 Å². The number of benzene rings is 2. The second kappa shape index (κ2) is 7.63. The lowest BCUT2D eigenvalue weighted by Crippen LogP contribution is -2.28. The highest BCUT2D eigenvalue weighted by atomic mass is 35.5. The van der Waals surface area contributed by atoms with Crippen LogP contribution in [0.2, 0.25) is 5.02 Å². The van der Waals surface area contributed by atoms with E-state index < -0.39 is 10.8 Å². The van der Waals surface area contributed by atoms with Crippen molar-refractivity contribution in [2.75, 3.05) is 23.9 Å². The van der Waals surface area contributed by atoms with E-state index in [2.05, 4.69) is 5.32 Å². The zero-order valence-electron chi connectivity index (χ0n) is 14.3. The van der Waals surface area contributed by atoms with Crippen molar-refractivity contribution in [2.45, 2.75) is 6.42 Å². The van der Waals surface area contributed by atoms with Gasteiger partial charge in [-0.1, -0.05) is 17.7 Å². The van der Waals surface area contributed by atoms with Gasteiger partial charge in [0.25, 0.3) is 5.69 Å². The molecule has 2 aromatic rings. The fourth-order valence-corrected chi connectivity index (χ4v) is 3.09. The topological polar surface area (TPSA) is 102 Å². The van der Waals surface area contributed by atoms with E-state index in [4.69, 9.17) is 16.3 Å². The number of nitro benzene ring substituents is 1. The molecule has 2 aromatic carbocycles. The van der Waals surface area contributed by atoms with Gasteiger partial charge in [0, 0.05) is 36.9 Å². The molecular weight excluding hydrogens is 374 g/mol. The van der Waals surface area contributed by atoms with Gasteiger partial charge in [0.15, 0.2) is 0 Å². The summed E-state index contributed by atoms with van der Waals surface area (Å²) in [5.74, 6) is -0.483. The van der Waals surface area contributed by atoms with Gasteiger partial charge in [-0.3, -0.25) is 19.7 Å². The zero-order chi connectivity index (χ0) is 19.6. The number of ether oxygens (including phenoxy) is 1. The fraction of sp³-hybridized carbons (Fsp3) is 0.222. The Kier molecular flexibility index (Phi) is 5.27. The van der Waals surface area contributed by atoms with Gasteiger partial charge in [-0.15, -0.1) is 0 Å². The van der Waals surface area contributed by atoms with Crippen molar-refractivity contribution < 1.29 is 19.2 Å². The number of halogens is 1. The molecule has 0 spiro atoms. The van der Waals surface area contributed by atoms with Crippen LogP contribution in [0.4, 0.5) is 17.1 Å². The first-order valence-electron chi connectivity index (χ1n) is 8.08. The fourth-order valence-electron chi connectivity index (χ4n) is 2.86. The molecule has 1 saturated heterocycles. The van der Waals surface area contributed by atoms with Crippen molar-refractivity contribution in [1.82, 2.24) is 0 Å². The number of carbonyl (C=O) groups excluding carboxylic acids is 2. The number of hydrogen-bond acceptors (Lipinski definition) is 5. The average Bonchev–Trinajstić information content (AvgIpc) is 3.05. The summed E-state index contributed by atoms with van der Waals surface area (Å²) in [6.45, 7) is 0.225. The molecule has 0 aliphatic carbocycles. The molecule has 1 atom stereocenters. The highest BCUT2D eigenvalue weighted by molar-refractivity contribution is 6.34. The number of non-ortho nitro benzene ring substituents is 1. The molecule has 27 heavy (non-hydrogen) atoms. The van der Waals surface area contributed by atoms with Crippen LogP contribution in [0.3, 0.4) is 0 Å². The summed E-state index contributed by atoms with van der Waals surface area (Å²) in [6.07, 6.45) is 0.0631. The number of amides is 2. The monoisotopic (exact) mass is 389 g/mol. The Morgan fingerprint density at radius 2 is 2.11 bits per heavy atom. The number of hydrogen-bond donors (Lipinski definition) is 1. The van der Waals surface area contributed by atoms with Gasteiger partial charge in [-0.2, -0.15) is 0 Å². The SMILES string of the molecule is COc1cccc(N2C[C@H](C(=O)Nc3ccc([N+](=O)[O-])cc3Cl)CC2=O)c1. The molecule has 0 unspecified atom stereocenters. The largest absolute Gasteiger partial charge is 0.497 e. The predicted octanol–water partition coefficient (Wildman–Crippen LogP) is 3.25. The number of nitrogens with one attached hydrogen (secondary N) is 1. The first kappa shape index (κ1) is 18.7. The lowest BCUT2D eigenvalue weighted by molar-refractivity contribution is -0.384. The van der Waals surface area contributed by atoms with Crippen LogP contribution >= 0.6 is 11.6 Å². The number of carbonyl (C=O) groups is 2. The quantitative estimate of drug-likeness (QED) is 0.624. The maximum absolute atomic E-state index is 12.5. The summed E-state index contributed by atoms with van der Waals surface area (Å²) in [4.78, 5) is 36.6. The number of nitro groups is 1. The third kappa shape index (κ3) is 4.01. The van der Waals surface area contributed by atoms with E-state index in [0.29, 0.717) is 11.4 Å². The van der Waals surface area contributed by atoms with E-state index in [0.717, 1.165) is 0 Å². The highest BCUT2D eigenvalue weighted by Crippen LogP contribution is 2.30. The van der Waals surface area contributed by atoms with Gasteiger partial charge in [0.1, 0.15) is 5.75 Å². The van der Waals surface area contributed by atoms with Crippen molar-refractivity contribution in [3.63, 3.8) is 0 Å². The second-order valence-corrected chi connectivity index (χ2v) is 6.42. The lowest BCUT2D eigenvalue weighted by Gasteiger charge is -2.17. The standard InChI is InChI=1S/C18H16ClN3O5/c1-27-14-4-2-3-12(8-14)21-10-11(7-17(21)23)18(24)20-16-6-5-13(22(25)26)9-15(16)19/h2-6,8-9,11H,7,10H2,1H3,(H,20,24)/t11-/m1/s1. The summed E-state index contributed by atoms with van der Waals surface area (Å²) in [7, 11) is 1.54. The van der Waals surface area contributed by atoms with Crippen molar-refractivity contribution in [3.8, 4) is 5.75 Å². The number of methoxy groups -OCH3 is 1. The van der Waals surface area contributed by atoms with Gasteiger partial charge in [0.2, 0.25) is 11.8 Å². The lowest BCUT2D eigenvalue weighted by atomic mass is 10.1. The van der Waals surface area contributed by atoms with Crippen LogP contribution in [0, 0.1) is 16.0 Å². The Morgan fingerprint density at radius 1 is 1.33 bits per heavy atom. The van der Waals surface area contributed by atoms with E-state index in [1.165, 1.54) is 30.2 Å². The number of rotatable bonds is 5. The van der Waals surface area contributed by atoms with Crippen LogP contribution in [-0.4, -0.2) is 30.4 Å². The second-order valence-electron chi connectivity index (χ2n) is 6.02. The molecule has 3 rings (SSSR count). The molecule has 0 aromatic heterocycles. The highest BCUT2D eigenvalue weighted by Gasteiger charge is 2.35. The molecule has 0 bridgehead atoms. The Labute approximate surface area is 159 Å². The molecule has 0 saturated carbocycles. The van der Waals surface area contributed by atoms with E-state index in [1.807, 2.05) is 0 Å². The van der Waals surface area contributed by atoms with Crippen molar-refractivity contribution in [3.05, 3.63) is 57.6 Å². The summed E-state index contributed by atoms with van der Waals surface area (Å²) in [5, 5.41) is 13.5. The maximum atomic E-state index is 12.5. The minimum Gasteiger partial charge on any atom is -0.497 e. The summed E-state index contributed by atoms with van der Waals surface area (Å²) >= 11 is 6.00. The molecule has 1 heterocycles. The smallest absolute Gasteiger partial charge is 0.271 e. The van der Waals surface area contributed by atoms with Crippen LogP contribution in [0.1, 0.15) is 6.42 Å². The molecule has 1 aliphatic rings.